The van der Waals surface area contributed by atoms with Gasteiger partial charge in [0.25, 0.3) is 5.69 Å². The lowest BCUT2D eigenvalue weighted by molar-refractivity contribution is -0.387. The monoisotopic (exact) mass is 391 g/mol. The Morgan fingerprint density at radius 1 is 1.21 bits per heavy atom. The third-order valence-corrected chi connectivity index (χ3v) is 4.93. The van der Waals surface area contributed by atoms with Crippen LogP contribution in [0.15, 0.2) is 47.4 Å². The summed E-state index contributed by atoms with van der Waals surface area (Å²) < 4.78 is 29.0. The Kier molecular flexibility index (Phi) is 5.79. The van der Waals surface area contributed by atoms with Crippen LogP contribution in [-0.4, -0.2) is 25.1 Å². The van der Waals surface area contributed by atoms with Crippen LogP contribution in [0.5, 0.6) is 0 Å². The highest BCUT2D eigenvalue weighted by atomic mass is 35.5. The average molecular weight is 392 g/mol. The first-order chi connectivity index (χ1) is 11.2. The van der Waals surface area contributed by atoms with Gasteiger partial charge in [0.15, 0.2) is 4.90 Å². The zero-order chi connectivity index (χ0) is 17.9. The molecule has 24 heavy (non-hydrogen) atoms. The Labute approximate surface area is 147 Å². The first-order valence-electron chi connectivity index (χ1n) is 6.48. The highest BCUT2D eigenvalue weighted by Crippen LogP contribution is 2.29. The lowest BCUT2D eigenvalue weighted by atomic mass is 10.1. The lowest BCUT2D eigenvalue weighted by Gasteiger charge is -2.13. The Morgan fingerprint density at radius 3 is 2.50 bits per heavy atom. The zero-order valence-electron chi connectivity index (χ0n) is 11.9. The number of nitro groups is 1. The van der Waals surface area contributed by atoms with Crippen molar-refractivity contribution in [3.63, 3.8) is 0 Å². The van der Waals surface area contributed by atoms with E-state index >= 15 is 0 Å². The molecule has 1 unspecified atom stereocenters. The van der Waals surface area contributed by atoms with Crippen molar-refractivity contribution in [1.29, 1.82) is 0 Å². The van der Waals surface area contributed by atoms with Crippen LogP contribution in [0.1, 0.15) is 11.7 Å². The van der Waals surface area contributed by atoms with E-state index in [2.05, 4.69) is 0 Å². The maximum absolute atomic E-state index is 12.1. The van der Waals surface area contributed by atoms with Gasteiger partial charge in [0, 0.05) is 21.7 Å². The van der Waals surface area contributed by atoms with Gasteiger partial charge >= 0.3 is 10.1 Å². The molecule has 0 aliphatic heterocycles. The molecule has 10 heteroatoms. The molecule has 0 aliphatic carbocycles. The molecule has 7 nitrogen and oxygen atoms in total. The highest BCUT2D eigenvalue weighted by Gasteiger charge is 2.27. The summed E-state index contributed by atoms with van der Waals surface area (Å²) >= 11 is 11.7. The van der Waals surface area contributed by atoms with E-state index in [1.54, 1.807) is 0 Å². The molecule has 2 rings (SSSR count). The summed E-state index contributed by atoms with van der Waals surface area (Å²) in [6.07, 6.45) is -1.35. The molecule has 0 amide bonds. The van der Waals surface area contributed by atoms with Gasteiger partial charge in [-0.15, -0.1) is 0 Å². The second kappa shape index (κ2) is 7.45. The number of halogens is 2. The van der Waals surface area contributed by atoms with Crippen LogP contribution in [0, 0.1) is 10.1 Å². The predicted octanol–water partition coefficient (Wildman–Crippen LogP) is 3.34. The first kappa shape index (κ1) is 18.6. The van der Waals surface area contributed by atoms with E-state index < -0.39 is 38.3 Å². The number of rotatable bonds is 6. The SMILES string of the molecule is O=[N+]([O-])c1ccccc1S(=O)(=O)OCC(O)c1ccc(Cl)cc1Cl. The van der Waals surface area contributed by atoms with Gasteiger partial charge in [0.2, 0.25) is 0 Å². The van der Waals surface area contributed by atoms with Crippen LogP contribution in [0.2, 0.25) is 10.0 Å². The molecule has 0 aromatic heterocycles. The third kappa shape index (κ3) is 4.22. The Morgan fingerprint density at radius 2 is 1.88 bits per heavy atom. The number of para-hydroxylation sites is 1. The summed E-state index contributed by atoms with van der Waals surface area (Å²) in [6.45, 7) is -0.657. The molecule has 0 bridgehead atoms. The molecule has 0 saturated carbocycles. The maximum atomic E-state index is 12.1. The van der Waals surface area contributed by atoms with Crippen LogP contribution < -0.4 is 0 Å². The van der Waals surface area contributed by atoms with E-state index in [1.807, 2.05) is 0 Å². The van der Waals surface area contributed by atoms with Gasteiger partial charge in [-0.3, -0.25) is 14.3 Å². The Bertz CT molecular complexity index is 871. The first-order valence-corrected chi connectivity index (χ1v) is 8.64. The third-order valence-electron chi connectivity index (χ3n) is 3.03. The average Bonchev–Trinajstić information content (AvgIpc) is 2.52. The molecule has 0 aliphatic rings. The van der Waals surface area contributed by atoms with Crippen molar-refractivity contribution >= 4 is 39.0 Å². The van der Waals surface area contributed by atoms with Crippen molar-refractivity contribution < 1.29 is 22.6 Å². The molecule has 0 fully saturated rings. The molecule has 0 radical (unpaired) electrons. The van der Waals surface area contributed by atoms with Gasteiger partial charge in [0.05, 0.1) is 11.5 Å². The molecule has 0 saturated heterocycles. The molecule has 1 N–H and O–H groups in total. The largest absolute Gasteiger partial charge is 0.386 e. The van der Waals surface area contributed by atoms with Gasteiger partial charge in [-0.1, -0.05) is 41.4 Å². The van der Waals surface area contributed by atoms with E-state index in [-0.39, 0.29) is 10.6 Å². The number of nitro benzene ring substituents is 1. The second-order valence-corrected chi connectivity index (χ2v) is 7.07. The van der Waals surface area contributed by atoms with Crippen LogP contribution >= 0.6 is 23.2 Å². The topological polar surface area (TPSA) is 107 Å². The summed E-state index contributed by atoms with van der Waals surface area (Å²) in [5.74, 6) is 0. The van der Waals surface area contributed by atoms with Crippen molar-refractivity contribution in [3.05, 3.63) is 68.2 Å². The summed E-state index contributed by atoms with van der Waals surface area (Å²) in [5, 5.41) is 21.4. The van der Waals surface area contributed by atoms with Crippen LogP contribution in [0.25, 0.3) is 0 Å². The molecular weight excluding hydrogens is 381 g/mol. The Hall–Kier alpha value is -1.71. The number of aliphatic hydroxyl groups is 1. The minimum Gasteiger partial charge on any atom is -0.386 e. The van der Waals surface area contributed by atoms with E-state index in [4.69, 9.17) is 27.4 Å². The summed E-state index contributed by atoms with van der Waals surface area (Å²) in [5.41, 5.74) is -0.393. The fourth-order valence-corrected chi connectivity index (χ4v) is 3.51. The summed E-state index contributed by atoms with van der Waals surface area (Å²) in [4.78, 5) is 9.49. The Balaban J connectivity index is 2.20. The van der Waals surface area contributed by atoms with E-state index in [1.165, 1.54) is 30.3 Å². The van der Waals surface area contributed by atoms with E-state index in [0.29, 0.717) is 5.02 Å². The fraction of sp³-hybridized carbons (Fsp3) is 0.143. The summed E-state index contributed by atoms with van der Waals surface area (Å²) in [6, 6.07) is 9.05. The number of hydrogen-bond acceptors (Lipinski definition) is 6. The van der Waals surface area contributed by atoms with Crippen LogP contribution in [0.3, 0.4) is 0 Å². The number of aliphatic hydroxyl groups excluding tert-OH is 1. The number of benzene rings is 2. The number of nitrogens with zero attached hydrogens (tertiary/aromatic N) is 1. The quantitative estimate of drug-likeness (QED) is 0.459. The predicted molar refractivity (Wildman–Crippen MR) is 87.7 cm³/mol. The van der Waals surface area contributed by atoms with Crippen molar-refractivity contribution in [3.8, 4) is 0 Å². The van der Waals surface area contributed by atoms with Gasteiger partial charge in [-0.25, -0.2) is 0 Å². The summed E-state index contributed by atoms with van der Waals surface area (Å²) in [7, 11) is -4.43. The van der Waals surface area contributed by atoms with Crippen LogP contribution in [0.4, 0.5) is 5.69 Å². The van der Waals surface area contributed by atoms with Crippen molar-refractivity contribution in [2.45, 2.75) is 11.0 Å². The second-order valence-electron chi connectivity index (χ2n) is 4.65. The highest BCUT2D eigenvalue weighted by molar-refractivity contribution is 7.87. The standard InChI is InChI=1S/C14H11Cl2NO6S/c15-9-5-6-10(11(16)7-9)13(18)8-23-24(21,22)14-4-2-1-3-12(14)17(19)20/h1-7,13,18H,8H2. The number of hydrogen-bond donors (Lipinski definition) is 1. The minimum atomic E-state index is -4.43. The molecule has 2 aromatic rings. The zero-order valence-corrected chi connectivity index (χ0v) is 14.3. The van der Waals surface area contributed by atoms with Gasteiger partial charge in [0.1, 0.15) is 6.10 Å². The molecule has 2 aromatic carbocycles. The molecule has 1 atom stereocenters. The van der Waals surface area contributed by atoms with Gasteiger partial charge in [-0.05, 0) is 18.2 Å². The molecule has 128 valence electrons. The van der Waals surface area contributed by atoms with E-state index in [9.17, 15) is 23.6 Å². The normalized spacial score (nSPS) is 12.8. The van der Waals surface area contributed by atoms with Crippen molar-refractivity contribution in [1.82, 2.24) is 0 Å². The van der Waals surface area contributed by atoms with Crippen molar-refractivity contribution in [2.75, 3.05) is 6.61 Å². The van der Waals surface area contributed by atoms with Gasteiger partial charge < -0.3 is 5.11 Å². The maximum Gasteiger partial charge on any atom is 0.303 e. The van der Waals surface area contributed by atoms with E-state index in [0.717, 1.165) is 12.1 Å². The smallest absolute Gasteiger partial charge is 0.303 e. The molecule has 0 heterocycles. The van der Waals surface area contributed by atoms with Gasteiger partial charge in [-0.2, -0.15) is 8.42 Å². The van der Waals surface area contributed by atoms with Crippen LogP contribution in [-0.2, 0) is 14.3 Å². The molecular formula is C14H11Cl2NO6S. The minimum absolute atomic E-state index is 0.140. The lowest BCUT2D eigenvalue weighted by Crippen LogP contribution is -2.15. The molecule has 0 spiro atoms. The van der Waals surface area contributed by atoms with Crippen molar-refractivity contribution in [2.24, 2.45) is 0 Å². The fourth-order valence-electron chi connectivity index (χ4n) is 1.90.